The third kappa shape index (κ3) is 1.79. The highest BCUT2D eigenvalue weighted by Crippen LogP contribution is 2.37. The molecule has 0 N–H and O–H groups in total. The summed E-state index contributed by atoms with van der Waals surface area (Å²) in [5.41, 5.74) is 0.754. The molecule has 0 bridgehead atoms. The van der Waals surface area contributed by atoms with Crippen molar-refractivity contribution in [2.24, 2.45) is 0 Å². The average molecular weight is 210 g/mol. The van der Waals surface area contributed by atoms with Crippen molar-refractivity contribution in [3.8, 4) is 11.5 Å². The van der Waals surface area contributed by atoms with Crippen LogP contribution in [0.25, 0.3) is 0 Å². The SMILES string of the molecule is CC(CC=O)c1cc(F)c2c(c1)OCO2. The lowest BCUT2D eigenvalue weighted by Crippen LogP contribution is -1.95. The maximum atomic E-state index is 13.5. The fraction of sp³-hybridized carbons (Fsp3) is 0.364. The van der Waals surface area contributed by atoms with Crippen LogP contribution in [-0.4, -0.2) is 13.1 Å². The van der Waals surface area contributed by atoms with Crippen LogP contribution in [0.3, 0.4) is 0 Å². The molecule has 0 aliphatic carbocycles. The third-order valence-electron chi connectivity index (χ3n) is 2.47. The van der Waals surface area contributed by atoms with Crippen molar-refractivity contribution < 1.29 is 18.7 Å². The van der Waals surface area contributed by atoms with E-state index < -0.39 is 5.82 Å². The van der Waals surface area contributed by atoms with Crippen molar-refractivity contribution in [2.45, 2.75) is 19.3 Å². The number of hydrogen-bond donors (Lipinski definition) is 0. The minimum Gasteiger partial charge on any atom is -0.453 e. The van der Waals surface area contributed by atoms with Gasteiger partial charge in [-0.15, -0.1) is 0 Å². The Morgan fingerprint density at radius 2 is 2.33 bits per heavy atom. The molecule has 80 valence electrons. The van der Waals surface area contributed by atoms with Crippen LogP contribution in [0.4, 0.5) is 4.39 Å². The maximum absolute atomic E-state index is 13.5. The van der Waals surface area contributed by atoms with Crippen LogP contribution < -0.4 is 9.47 Å². The topological polar surface area (TPSA) is 35.5 Å². The molecule has 1 aliphatic heterocycles. The van der Waals surface area contributed by atoms with Gasteiger partial charge in [0.05, 0.1) is 0 Å². The van der Waals surface area contributed by atoms with Crippen LogP contribution in [0.2, 0.25) is 0 Å². The van der Waals surface area contributed by atoms with Crippen molar-refractivity contribution in [2.75, 3.05) is 6.79 Å². The predicted molar refractivity (Wildman–Crippen MR) is 51.6 cm³/mol. The molecule has 1 aliphatic rings. The lowest BCUT2D eigenvalue weighted by Gasteiger charge is -2.09. The van der Waals surface area contributed by atoms with Crippen molar-refractivity contribution in [1.82, 2.24) is 0 Å². The van der Waals surface area contributed by atoms with E-state index in [1.165, 1.54) is 6.07 Å². The Balaban J connectivity index is 2.34. The fourth-order valence-corrected chi connectivity index (χ4v) is 1.55. The molecule has 0 radical (unpaired) electrons. The van der Waals surface area contributed by atoms with Crippen molar-refractivity contribution in [3.63, 3.8) is 0 Å². The maximum Gasteiger partial charge on any atom is 0.231 e. The second-order valence-electron chi connectivity index (χ2n) is 3.54. The molecule has 4 heteroatoms. The summed E-state index contributed by atoms with van der Waals surface area (Å²) in [7, 11) is 0. The van der Waals surface area contributed by atoms with Gasteiger partial charge in [-0.1, -0.05) is 6.92 Å². The van der Waals surface area contributed by atoms with E-state index in [9.17, 15) is 9.18 Å². The number of benzene rings is 1. The highest BCUT2D eigenvalue weighted by molar-refractivity contribution is 5.53. The summed E-state index contributed by atoms with van der Waals surface area (Å²) in [6.45, 7) is 1.92. The van der Waals surface area contributed by atoms with E-state index >= 15 is 0 Å². The number of carbonyl (C=O) groups is 1. The molecule has 0 aromatic heterocycles. The normalized spacial score (nSPS) is 15.1. The molecule has 3 nitrogen and oxygen atoms in total. The number of halogens is 1. The lowest BCUT2D eigenvalue weighted by atomic mass is 9.98. The molecule has 2 rings (SSSR count). The van der Waals surface area contributed by atoms with Crippen molar-refractivity contribution >= 4 is 6.29 Å². The minimum atomic E-state index is -0.433. The van der Waals surface area contributed by atoms with Crippen LogP contribution >= 0.6 is 0 Å². The summed E-state index contributed by atoms with van der Waals surface area (Å²) in [5.74, 6) is 0.143. The molecule has 1 aromatic carbocycles. The van der Waals surface area contributed by atoms with Gasteiger partial charge in [0, 0.05) is 6.42 Å². The van der Waals surface area contributed by atoms with Crippen LogP contribution in [0.5, 0.6) is 11.5 Å². The Morgan fingerprint density at radius 1 is 1.53 bits per heavy atom. The summed E-state index contributed by atoms with van der Waals surface area (Å²) >= 11 is 0. The van der Waals surface area contributed by atoms with E-state index in [0.29, 0.717) is 12.2 Å². The second kappa shape index (κ2) is 3.88. The molecule has 0 saturated heterocycles. The molecule has 1 aromatic rings. The summed E-state index contributed by atoms with van der Waals surface area (Å²) in [4.78, 5) is 10.4. The first-order valence-electron chi connectivity index (χ1n) is 4.75. The van der Waals surface area contributed by atoms with Gasteiger partial charge in [0.15, 0.2) is 11.6 Å². The van der Waals surface area contributed by atoms with Crippen LogP contribution in [0.1, 0.15) is 24.8 Å². The van der Waals surface area contributed by atoms with E-state index in [4.69, 9.17) is 9.47 Å². The molecule has 0 amide bonds. The molecular weight excluding hydrogens is 199 g/mol. The summed E-state index contributed by atoms with van der Waals surface area (Å²) in [5, 5.41) is 0. The zero-order chi connectivity index (χ0) is 10.8. The number of ether oxygens (including phenoxy) is 2. The second-order valence-corrected chi connectivity index (χ2v) is 3.54. The molecule has 1 atom stereocenters. The molecular formula is C11H11FO3. The summed E-state index contributed by atoms with van der Waals surface area (Å²) in [6.07, 6.45) is 1.20. The summed E-state index contributed by atoms with van der Waals surface area (Å²) in [6, 6.07) is 3.11. The highest BCUT2D eigenvalue weighted by atomic mass is 19.1. The molecule has 1 unspecified atom stereocenters. The van der Waals surface area contributed by atoms with Gasteiger partial charge < -0.3 is 14.3 Å². The standard InChI is InChI=1S/C11H11FO3/c1-7(2-3-13)8-4-9(12)11-10(5-8)14-6-15-11/h3-5,7H,2,6H2,1H3. The quantitative estimate of drug-likeness (QED) is 0.718. The third-order valence-corrected chi connectivity index (χ3v) is 2.47. The largest absolute Gasteiger partial charge is 0.453 e. The average Bonchev–Trinajstić information content (AvgIpc) is 2.66. The lowest BCUT2D eigenvalue weighted by molar-refractivity contribution is -0.108. The van der Waals surface area contributed by atoms with Crippen molar-refractivity contribution in [1.29, 1.82) is 0 Å². The fourth-order valence-electron chi connectivity index (χ4n) is 1.55. The van der Waals surface area contributed by atoms with E-state index in [1.807, 2.05) is 6.92 Å². The molecule has 0 saturated carbocycles. The summed E-state index contributed by atoms with van der Waals surface area (Å²) < 4.78 is 23.5. The van der Waals surface area contributed by atoms with Gasteiger partial charge in [-0.3, -0.25) is 0 Å². The molecule has 15 heavy (non-hydrogen) atoms. The number of hydrogen-bond acceptors (Lipinski definition) is 3. The van der Waals surface area contributed by atoms with Gasteiger partial charge in [-0.2, -0.15) is 0 Å². The van der Waals surface area contributed by atoms with Gasteiger partial charge in [0.2, 0.25) is 12.5 Å². The first-order valence-corrected chi connectivity index (χ1v) is 4.75. The molecule has 0 spiro atoms. The van der Waals surface area contributed by atoms with Gasteiger partial charge >= 0.3 is 0 Å². The Hall–Kier alpha value is -1.58. The monoisotopic (exact) mass is 210 g/mol. The minimum absolute atomic E-state index is 0.00787. The van der Waals surface area contributed by atoms with Gasteiger partial charge in [0.25, 0.3) is 0 Å². The number of aldehydes is 1. The number of rotatable bonds is 3. The molecule has 1 heterocycles. The first-order chi connectivity index (χ1) is 7.22. The number of fused-ring (bicyclic) bond motifs is 1. The van der Waals surface area contributed by atoms with Crippen LogP contribution in [-0.2, 0) is 4.79 Å². The van der Waals surface area contributed by atoms with E-state index in [-0.39, 0.29) is 18.5 Å². The Morgan fingerprint density at radius 3 is 3.07 bits per heavy atom. The Labute approximate surface area is 86.8 Å². The van der Waals surface area contributed by atoms with Gasteiger partial charge in [0.1, 0.15) is 6.29 Å². The predicted octanol–water partition coefficient (Wildman–Crippen LogP) is 2.25. The highest BCUT2D eigenvalue weighted by Gasteiger charge is 2.20. The zero-order valence-electron chi connectivity index (χ0n) is 8.33. The van der Waals surface area contributed by atoms with E-state index in [0.717, 1.165) is 11.8 Å². The van der Waals surface area contributed by atoms with Gasteiger partial charge in [-0.25, -0.2) is 4.39 Å². The van der Waals surface area contributed by atoms with E-state index in [1.54, 1.807) is 6.07 Å². The Bertz CT molecular complexity index is 390. The van der Waals surface area contributed by atoms with Crippen molar-refractivity contribution in [3.05, 3.63) is 23.5 Å². The van der Waals surface area contributed by atoms with Gasteiger partial charge in [-0.05, 0) is 23.6 Å². The Kier molecular flexibility index (Phi) is 2.58. The molecule has 0 fully saturated rings. The zero-order valence-corrected chi connectivity index (χ0v) is 8.33. The van der Waals surface area contributed by atoms with Crippen LogP contribution in [0, 0.1) is 5.82 Å². The smallest absolute Gasteiger partial charge is 0.231 e. The first kappa shape index (κ1) is 9.96. The number of carbonyl (C=O) groups excluding carboxylic acids is 1. The van der Waals surface area contributed by atoms with Crippen LogP contribution in [0.15, 0.2) is 12.1 Å². The van der Waals surface area contributed by atoms with E-state index in [2.05, 4.69) is 0 Å².